The number of anilines is 1. The minimum absolute atomic E-state index is 0.0359. The predicted octanol–water partition coefficient (Wildman–Crippen LogP) is 2.85. The molecule has 1 atom stereocenters. The van der Waals surface area contributed by atoms with E-state index in [0.29, 0.717) is 12.1 Å². The van der Waals surface area contributed by atoms with E-state index in [9.17, 15) is 18.0 Å². The first-order valence-corrected chi connectivity index (χ1v) is 13.0. The van der Waals surface area contributed by atoms with Crippen molar-refractivity contribution in [3.8, 4) is 0 Å². The van der Waals surface area contributed by atoms with Crippen LogP contribution in [-0.2, 0) is 26.0 Å². The number of amides is 2. The molecule has 0 unspecified atom stereocenters. The molecule has 31 heavy (non-hydrogen) atoms. The van der Waals surface area contributed by atoms with E-state index in [1.807, 2.05) is 24.3 Å². The number of carbonyl (C=O) groups excluding carboxylic acids is 2. The molecular weight excluding hydrogens is 414 g/mol. The van der Waals surface area contributed by atoms with Crippen molar-refractivity contribution in [3.63, 3.8) is 0 Å². The average molecular weight is 450 g/mol. The first kappa shape index (κ1) is 23.7. The third-order valence-electron chi connectivity index (χ3n) is 6.43. The fourth-order valence-electron chi connectivity index (χ4n) is 4.62. The lowest BCUT2D eigenvalue weighted by Gasteiger charge is -2.47. The highest BCUT2D eigenvalue weighted by Crippen LogP contribution is 2.32. The molecule has 7 nitrogen and oxygen atoms in total. The minimum atomic E-state index is -3.61. The molecule has 1 aromatic carbocycles. The lowest BCUT2D eigenvalue weighted by Crippen LogP contribution is -2.71. The third-order valence-corrected chi connectivity index (χ3v) is 8.40. The van der Waals surface area contributed by atoms with Crippen LogP contribution in [0.25, 0.3) is 0 Å². The number of aryl methyl sites for hydroxylation is 1. The van der Waals surface area contributed by atoms with Gasteiger partial charge in [-0.15, -0.1) is 0 Å². The van der Waals surface area contributed by atoms with E-state index in [1.54, 1.807) is 13.8 Å². The lowest BCUT2D eigenvalue weighted by atomic mass is 9.91. The van der Waals surface area contributed by atoms with Gasteiger partial charge in [0.25, 0.3) is 0 Å². The smallest absolute Gasteiger partial charge is 0.247 e. The van der Waals surface area contributed by atoms with E-state index >= 15 is 0 Å². The number of carbonyl (C=O) groups is 2. The highest BCUT2D eigenvalue weighted by molar-refractivity contribution is 7.89. The second-order valence-electron chi connectivity index (χ2n) is 8.92. The number of rotatable bonds is 7. The quantitative estimate of drug-likeness (QED) is 0.693. The molecule has 1 saturated carbocycles. The summed E-state index contributed by atoms with van der Waals surface area (Å²) < 4.78 is 26.8. The second kappa shape index (κ2) is 9.69. The van der Waals surface area contributed by atoms with Crippen LogP contribution in [0.15, 0.2) is 24.3 Å². The van der Waals surface area contributed by atoms with Gasteiger partial charge in [0.1, 0.15) is 5.54 Å². The Morgan fingerprint density at radius 1 is 1.13 bits per heavy atom. The lowest BCUT2D eigenvalue weighted by molar-refractivity contribution is -0.133. The molecule has 0 radical (unpaired) electrons. The maximum Gasteiger partial charge on any atom is 0.247 e. The van der Waals surface area contributed by atoms with Gasteiger partial charge < -0.3 is 5.32 Å². The molecule has 2 amide bonds. The molecule has 8 heteroatoms. The van der Waals surface area contributed by atoms with Gasteiger partial charge in [0.2, 0.25) is 21.8 Å². The molecule has 3 rings (SSSR count). The first-order chi connectivity index (χ1) is 14.7. The van der Waals surface area contributed by atoms with Crippen molar-refractivity contribution < 1.29 is 18.0 Å². The summed E-state index contributed by atoms with van der Waals surface area (Å²) in [6.07, 6.45) is 6.47. The van der Waals surface area contributed by atoms with Gasteiger partial charge in [0.15, 0.2) is 0 Å². The van der Waals surface area contributed by atoms with Crippen molar-refractivity contribution >= 4 is 27.5 Å². The van der Waals surface area contributed by atoms with Crippen molar-refractivity contribution in [2.45, 2.75) is 77.3 Å². The summed E-state index contributed by atoms with van der Waals surface area (Å²) in [5.74, 6) is -0.702. The molecular formula is C23H35N3O4S. The number of benzene rings is 1. The van der Waals surface area contributed by atoms with Crippen LogP contribution in [0.2, 0.25) is 0 Å². The van der Waals surface area contributed by atoms with Gasteiger partial charge in [-0.3, -0.25) is 14.5 Å². The minimum Gasteiger partial charge on any atom is -0.351 e. The molecule has 1 aliphatic heterocycles. The van der Waals surface area contributed by atoms with Gasteiger partial charge in [-0.05, 0) is 50.3 Å². The third kappa shape index (κ3) is 5.12. The molecule has 0 spiro atoms. The van der Waals surface area contributed by atoms with Crippen LogP contribution in [0.4, 0.5) is 5.69 Å². The van der Waals surface area contributed by atoms with E-state index in [0.717, 1.165) is 37.7 Å². The van der Waals surface area contributed by atoms with Crippen LogP contribution in [0, 0.1) is 0 Å². The van der Waals surface area contributed by atoms with Crippen LogP contribution in [0.5, 0.6) is 0 Å². The van der Waals surface area contributed by atoms with Crippen molar-refractivity contribution in [1.29, 1.82) is 0 Å². The Hall–Kier alpha value is -1.93. The second-order valence-corrected chi connectivity index (χ2v) is 11.0. The Labute approximate surface area is 186 Å². The Bertz CT molecular complexity index is 894. The maximum absolute atomic E-state index is 13.5. The average Bonchev–Trinajstić information content (AvgIpc) is 2.74. The molecule has 172 valence electrons. The number of hydrogen-bond donors (Lipinski definition) is 1. The Morgan fingerprint density at radius 2 is 1.77 bits per heavy atom. The van der Waals surface area contributed by atoms with Gasteiger partial charge in [-0.1, -0.05) is 45.2 Å². The largest absolute Gasteiger partial charge is 0.351 e. The number of sulfonamides is 1. The van der Waals surface area contributed by atoms with Gasteiger partial charge in [0.05, 0.1) is 12.3 Å². The molecule has 1 saturated heterocycles. The zero-order chi connectivity index (χ0) is 22.6. The number of hydrogen-bond acceptors (Lipinski definition) is 4. The van der Waals surface area contributed by atoms with E-state index in [4.69, 9.17) is 0 Å². The predicted molar refractivity (Wildman–Crippen MR) is 122 cm³/mol. The zero-order valence-corrected chi connectivity index (χ0v) is 19.7. The first-order valence-electron chi connectivity index (χ1n) is 11.4. The van der Waals surface area contributed by atoms with Crippen LogP contribution in [0.1, 0.15) is 64.9 Å². The summed E-state index contributed by atoms with van der Waals surface area (Å²) in [5.41, 5.74) is 0.436. The van der Waals surface area contributed by atoms with Crippen LogP contribution < -0.4 is 10.2 Å². The van der Waals surface area contributed by atoms with Crippen molar-refractivity contribution in [3.05, 3.63) is 29.8 Å². The monoisotopic (exact) mass is 449 g/mol. The molecule has 0 aromatic heterocycles. The molecule has 1 heterocycles. The van der Waals surface area contributed by atoms with E-state index in [2.05, 4.69) is 12.2 Å². The molecule has 0 bridgehead atoms. The summed E-state index contributed by atoms with van der Waals surface area (Å²) in [4.78, 5) is 28.3. The van der Waals surface area contributed by atoms with Crippen LogP contribution in [0.3, 0.4) is 0 Å². The normalized spacial score (nSPS) is 23.7. The molecule has 1 aromatic rings. The summed E-state index contributed by atoms with van der Waals surface area (Å²) >= 11 is 0. The van der Waals surface area contributed by atoms with E-state index < -0.39 is 15.6 Å². The Kier molecular flexibility index (Phi) is 7.42. The molecule has 1 aliphatic carbocycles. The summed E-state index contributed by atoms with van der Waals surface area (Å²) in [7, 11) is -3.61. The van der Waals surface area contributed by atoms with Crippen molar-refractivity contribution in [2.24, 2.45) is 0 Å². The standard InChI is InChI=1S/C23H35N3O4S/c1-4-15-31(29,30)25-16-21(27)26(20-13-11-18(5-2)12-14-20)23(3,17-25)22(28)24-19-9-7-6-8-10-19/h11-14,19H,4-10,15-17H2,1-3H3,(H,24,28)/t23-/m0/s1. The van der Waals surface area contributed by atoms with Crippen LogP contribution in [-0.4, -0.2) is 55.0 Å². The summed E-state index contributed by atoms with van der Waals surface area (Å²) in [6, 6.07) is 7.66. The van der Waals surface area contributed by atoms with Crippen molar-refractivity contribution in [2.75, 3.05) is 23.7 Å². The number of nitrogens with zero attached hydrogens (tertiary/aromatic N) is 2. The van der Waals surface area contributed by atoms with Crippen molar-refractivity contribution in [1.82, 2.24) is 9.62 Å². The Morgan fingerprint density at radius 3 is 2.35 bits per heavy atom. The summed E-state index contributed by atoms with van der Waals surface area (Å²) in [6.45, 7) is 5.24. The van der Waals surface area contributed by atoms with Gasteiger partial charge in [-0.25, -0.2) is 8.42 Å². The summed E-state index contributed by atoms with van der Waals surface area (Å²) in [5, 5.41) is 3.12. The van der Waals surface area contributed by atoms with Crippen LogP contribution >= 0.6 is 0 Å². The van der Waals surface area contributed by atoms with Gasteiger partial charge in [-0.2, -0.15) is 4.31 Å². The van der Waals surface area contributed by atoms with Gasteiger partial charge >= 0.3 is 0 Å². The number of piperazine rings is 1. The molecule has 2 aliphatic rings. The van der Waals surface area contributed by atoms with E-state index in [-0.39, 0.29) is 36.7 Å². The highest BCUT2D eigenvalue weighted by Gasteiger charge is 2.51. The van der Waals surface area contributed by atoms with Gasteiger partial charge in [0, 0.05) is 18.3 Å². The fourth-order valence-corrected chi connectivity index (χ4v) is 6.15. The SMILES string of the molecule is CCCS(=O)(=O)N1CC(=O)N(c2ccc(CC)cc2)[C@](C)(C(=O)NC2CCCCC2)C1. The topological polar surface area (TPSA) is 86.8 Å². The fraction of sp³-hybridized carbons (Fsp3) is 0.652. The number of nitrogens with one attached hydrogen (secondary N) is 1. The molecule has 2 fully saturated rings. The molecule has 1 N–H and O–H groups in total. The maximum atomic E-state index is 13.5. The highest BCUT2D eigenvalue weighted by atomic mass is 32.2. The van der Waals surface area contributed by atoms with E-state index in [1.165, 1.54) is 15.6 Å². The Balaban J connectivity index is 1.96. The zero-order valence-electron chi connectivity index (χ0n) is 18.9.